The first kappa shape index (κ1) is 10.4. The van der Waals surface area contributed by atoms with Crippen LogP contribution in [0.2, 0.25) is 0 Å². The largest absolute Gasteiger partial charge is 0.481 e. The molecule has 0 atom stereocenters. The van der Waals surface area contributed by atoms with E-state index >= 15 is 0 Å². The molecule has 0 amide bonds. The summed E-state index contributed by atoms with van der Waals surface area (Å²) in [7, 11) is 0. The number of aliphatic carboxylic acids is 1. The molecule has 0 aliphatic carbocycles. The van der Waals surface area contributed by atoms with Crippen molar-refractivity contribution in [2.75, 3.05) is 26.2 Å². The minimum Gasteiger partial charge on any atom is -0.481 e. The fourth-order valence-electron chi connectivity index (χ4n) is 2.24. The van der Waals surface area contributed by atoms with E-state index in [0.717, 1.165) is 25.9 Å². The molecule has 15 heavy (non-hydrogen) atoms. The highest BCUT2D eigenvalue weighted by Crippen LogP contribution is 2.23. The lowest BCUT2D eigenvalue weighted by Gasteiger charge is -2.44. The monoisotopic (exact) mass is 213 g/mol. The fourth-order valence-corrected chi connectivity index (χ4v) is 2.24. The van der Waals surface area contributed by atoms with E-state index in [-0.39, 0.29) is 5.92 Å². The van der Waals surface area contributed by atoms with E-state index < -0.39 is 5.97 Å². The van der Waals surface area contributed by atoms with Crippen molar-refractivity contribution in [2.45, 2.75) is 18.9 Å². The molecule has 2 fully saturated rings. The van der Waals surface area contributed by atoms with Gasteiger partial charge in [-0.25, -0.2) is 0 Å². The number of rotatable bonds is 3. The van der Waals surface area contributed by atoms with Gasteiger partial charge in [-0.05, 0) is 25.9 Å². The molecule has 0 spiro atoms. The Balaban J connectivity index is 1.75. The lowest BCUT2D eigenvalue weighted by Crippen LogP contribution is -2.58. The molecule has 1 N–H and O–H groups in total. The van der Waals surface area contributed by atoms with Gasteiger partial charge in [0.2, 0.25) is 0 Å². The van der Waals surface area contributed by atoms with Crippen LogP contribution in [-0.4, -0.2) is 53.2 Å². The highest BCUT2D eigenvalue weighted by molar-refractivity contribution is 5.70. The van der Waals surface area contributed by atoms with Crippen LogP contribution < -0.4 is 0 Å². The van der Waals surface area contributed by atoms with Gasteiger partial charge < -0.3 is 5.11 Å². The first-order valence-corrected chi connectivity index (χ1v) is 5.26. The van der Waals surface area contributed by atoms with Crippen LogP contribution in [0.1, 0.15) is 12.8 Å². The zero-order valence-electron chi connectivity index (χ0n) is 8.50. The van der Waals surface area contributed by atoms with Crippen molar-refractivity contribution in [3.05, 3.63) is 4.91 Å². The molecule has 2 aliphatic heterocycles. The van der Waals surface area contributed by atoms with Crippen molar-refractivity contribution < 1.29 is 9.90 Å². The average Bonchev–Trinajstić information content (AvgIpc) is 2.17. The molecule has 0 aromatic rings. The first-order valence-electron chi connectivity index (χ1n) is 5.26. The Morgan fingerprint density at radius 1 is 1.27 bits per heavy atom. The van der Waals surface area contributed by atoms with Crippen LogP contribution in [0.3, 0.4) is 0 Å². The van der Waals surface area contributed by atoms with Gasteiger partial charge in [0, 0.05) is 6.04 Å². The molecule has 2 aliphatic rings. The van der Waals surface area contributed by atoms with Gasteiger partial charge in [-0.2, -0.15) is 0 Å². The van der Waals surface area contributed by atoms with Gasteiger partial charge in [0.1, 0.15) is 0 Å². The molecule has 2 rings (SSSR count). The highest BCUT2D eigenvalue weighted by Gasteiger charge is 2.35. The number of piperidine rings is 1. The van der Waals surface area contributed by atoms with Crippen molar-refractivity contribution in [2.24, 2.45) is 11.2 Å². The number of hydrogen-bond acceptors (Lipinski definition) is 4. The number of likely N-dealkylation sites (tertiary alicyclic amines) is 1. The van der Waals surface area contributed by atoms with E-state index in [4.69, 9.17) is 5.11 Å². The zero-order chi connectivity index (χ0) is 10.8. The van der Waals surface area contributed by atoms with Crippen molar-refractivity contribution in [3.8, 4) is 0 Å². The molecule has 2 heterocycles. The smallest absolute Gasteiger partial charge is 0.306 e. The Hall–Kier alpha value is -1.17. The summed E-state index contributed by atoms with van der Waals surface area (Å²) in [6.45, 7) is 3.05. The third-order valence-corrected chi connectivity index (χ3v) is 3.35. The quantitative estimate of drug-likeness (QED) is 0.675. The normalized spacial score (nSPS) is 24.9. The topological polar surface area (TPSA) is 73.2 Å². The second-order valence-corrected chi connectivity index (χ2v) is 4.26. The van der Waals surface area contributed by atoms with E-state index in [1.54, 1.807) is 0 Å². The minimum atomic E-state index is -0.681. The molecular formula is C9H15N3O3. The van der Waals surface area contributed by atoms with Crippen LogP contribution in [-0.2, 0) is 4.79 Å². The third-order valence-electron chi connectivity index (χ3n) is 3.35. The number of carbonyl (C=O) groups is 1. The van der Waals surface area contributed by atoms with E-state index in [1.807, 2.05) is 0 Å². The highest BCUT2D eigenvalue weighted by atomic mass is 16.4. The number of hydrogen-bond donors (Lipinski definition) is 1. The lowest BCUT2D eigenvalue weighted by molar-refractivity contribution is -0.143. The summed E-state index contributed by atoms with van der Waals surface area (Å²) in [6.07, 6.45) is 1.45. The average molecular weight is 213 g/mol. The maximum absolute atomic E-state index is 10.7. The van der Waals surface area contributed by atoms with Gasteiger partial charge >= 0.3 is 5.97 Å². The zero-order valence-corrected chi connectivity index (χ0v) is 8.50. The van der Waals surface area contributed by atoms with Gasteiger partial charge in [-0.1, -0.05) is 0 Å². The number of nitrogens with zero attached hydrogens (tertiary/aromatic N) is 3. The summed E-state index contributed by atoms with van der Waals surface area (Å²) < 4.78 is 0. The summed E-state index contributed by atoms with van der Waals surface area (Å²) in [5.74, 6) is -0.860. The van der Waals surface area contributed by atoms with Gasteiger partial charge in [0.15, 0.2) is 0 Å². The molecule has 6 heteroatoms. The summed E-state index contributed by atoms with van der Waals surface area (Å²) >= 11 is 0. The van der Waals surface area contributed by atoms with E-state index in [2.05, 4.69) is 10.2 Å². The molecule has 6 nitrogen and oxygen atoms in total. The van der Waals surface area contributed by atoms with Crippen LogP contribution in [0.25, 0.3) is 0 Å². The standard InChI is InChI=1S/C9H15N3O3/c13-9(14)7-1-3-11(4-2-7)8-5-12(6-8)10-15/h7-8H,1-6H2,(H,13,14). The summed E-state index contributed by atoms with van der Waals surface area (Å²) in [4.78, 5) is 23.1. The molecule has 0 radical (unpaired) electrons. The Labute approximate surface area is 87.8 Å². The van der Waals surface area contributed by atoms with Crippen LogP contribution in [0, 0.1) is 10.8 Å². The molecule has 0 unspecified atom stereocenters. The van der Waals surface area contributed by atoms with Crippen molar-refractivity contribution in [1.82, 2.24) is 9.91 Å². The third kappa shape index (κ3) is 2.09. The molecule has 0 aromatic carbocycles. The summed E-state index contributed by atoms with van der Waals surface area (Å²) in [5.41, 5.74) is 0. The molecule has 0 saturated carbocycles. The number of carboxylic acid groups (broad SMARTS) is 1. The second kappa shape index (κ2) is 4.14. The van der Waals surface area contributed by atoms with Crippen molar-refractivity contribution in [1.29, 1.82) is 0 Å². The van der Waals surface area contributed by atoms with Gasteiger partial charge in [0.25, 0.3) is 0 Å². The van der Waals surface area contributed by atoms with Crippen molar-refractivity contribution in [3.63, 3.8) is 0 Å². The van der Waals surface area contributed by atoms with Crippen molar-refractivity contribution >= 4 is 5.97 Å². The van der Waals surface area contributed by atoms with Crippen LogP contribution >= 0.6 is 0 Å². The SMILES string of the molecule is O=NN1CC(N2CCC(C(=O)O)CC2)C1. The van der Waals surface area contributed by atoms with Gasteiger partial charge in [0.05, 0.1) is 24.3 Å². The van der Waals surface area contributed by atoms with Gasteiger partial charge in [-0.15, -0.1) is 4.91 Å². The minimum absolute atomic E-state index is 0.179. The summed E-state index contributed by atoms with van der Waals surface area (Å²) in [5, 5.41) is 13.2. The van der Waals surface area contributed by atoms with Crippen LogP contribution in [0.15, 0.2) is 5.29 Å². The maximum atomic E-state index is 10.7. The van der Waals surface area contributed by atoms with E-state index in [1.165, 1.54) is 5.01 Å². The predicted octanol–water partition coefficient (Wildman–Crippen LogP) is 0.149. The Morgan fingerprint density at radius 3 is 2.33 bits per heavy atom. The Morgan fingerprint density at radius 2 is 1.87 bits per heavy atom. The Kier molecular flexibility index (Phi) is 2.86. The fraction of sp³-hybridized carbons (Fsp3) is 0.889. The predicted molar refractivity (Wildman–Crippen MR) is 53.1 cm³/mol. The summed E-state index contributed by atoms with van der Waals surface area (Å²) in [6, 6.07) is 0.400. The molecule has 2 saturated heterocycles. The molecule has 0 aromatic heterocycles. The lowest BCUT2D eigenvalue weighted by atomic mass is 9.95. The molecule has 0 bridgehead atoms. The first-order chi connectivity index (χ1) is 7.20. The van der Waals surface area contributed by atoms with E-state index in [0.29, 0.717) is 19.1 Å². The van der Waals surface area contributed by atoms with E-state index in [9.17, 15) is 9.70 Å². The molecule has 84 valence electrons. The second-order valence-electron chi connectivity index (χ2n) is 4.26. The number of carboxylic acids is 1. The molecular weight excluding hydrogens is 198 g/mol. The van der Waals surface area contributed by atoms with Crippen LogP contribution in [0.4, 0.5) is 0 Å². The maximum Gasteiger partial charge on any atom is 0.306 e. The Bertz CT molecular complexity index is 257. The number of nitroso groups, excluding NO2 is 1. The van der Waals surface area contributed by atoms with Crippen LogP contribution in [0.5, 0.6) is 0 Å². The van der Waals surface area contributed by atoms with Gasteiger partial charge in [-0.3, -0.25) is 14.7 Å².